The minimum absolute atomic E-state index is 0.0445. The van der Waals surface area contributed by atoms with Crippen LogP contribution in [0.15, 0.2) is 16.6 Å². The van der Waals surface area contributed by atoms with Gasteiger partial charge in [0.15, 0.2) is 0 Å². The number of rotatable bonds is 4. The van der Waals surface area contributed by atoms with Gasteiger partial charge in [0.05, 0.1) is 6.10 Å². The fraction of sp³-hybridized carbons (Fsp3) is 0.562. The van der Waals surface area contributed by atoms with Crippen LogP contribution in [0.2, 0.25) is 0 Å². The van der Waals surface area contributed by atoms with Crippen LogP contribution in [0.1, 0.15) is 43.1 Å². The summed E-state index contributed by atoms with van der Waals surface area (Å²) in [6.07, 6.45) is 1.07. The minimum Gasteiger partial charge on any atom is -0.398 e. The lowest BCUT2D eigenvalue weighted by Crippen LogP contribution is -2.62. The number of anilines is 1. The Morgan fingerprint density at radius 1 is 1.52 bits per heavy atom. The Kier molecular flexibility index (Phi) is 4.63. The first kappa shape index (κ1) is 16.3. The van der Waals surface area contributed by atoms with Crippen molar-refractivity contribution in [2.45, 2.75) is 46.3 Å². The molecule has 0 aliphatic heterocycles. The smallest absolute Gasteiger partial charge is 0.251 e. The van der Waals surface area contributed by atoms with E-state index in [4.69, 9.17) is 10.5 Å². The molecule has 1 saturated carbocycles. The van der Waals surface area contributed by atoms with E-state index < -0.39 is 0 Å². The van der Waals surface area contributed by atoms with Gasteiger partial charge in [0.25, 0.3) is 5.91 Å². The Morgan fingerprint density at radius 3 is 2.76 bits per heavy atom. The highest BCUT2D eigenvalue weighted by atomic mass is 79.9. The monoisotopic (exact) mass is 354 g/mol. The first-order valence-corrected chi connectivity index (χ1v) is 8.04. The zero-order valence-electron chi connectivity index (χ0n) is 13.0. The molecule has 1 aromatic rings. The maximum atomic E-state index is 12.5. The number of halogens is 1. The molecule has 1 aliphatic rings. The molecule has 0 spiro atoms. The van der Waals surface area contributed by atoms with Crippen molar-refractivity contribution in [2.24, 2.45) is 5.41 Å². The van der Waals surface area contributed by atoms with Crippen molar-refractivity contribution < 1.29 is 9.53 Å². The molecule has 0 radical (unpaired) electrons. The van der Waals surface area contributed by atoms with Crippen LogP contribution in [0.4, 0.5) is 5.69 Å². The lowest BCUT2D eigenvalue weighted by Gasteiger charge is -2.51. The number of amides is 1. The molecule has 21 heavy (non-hydrogen) atoms. The Bertz CT molecular complexity index is 557. The lowest BCUT2D eigenvalue weighted by molar-refractivity contribution is -0.111. The minimum atomic E-state index is -0.0754. The van der Waals surface area contributed by atoms with Gasteiger partial charge in [-0.05, 0) is 38.0 Å². The molecule has 4 nitrogen and oxygen atoms in total. The lowest BCUT2D eigenvalue weighted by atomic mass is 9.64. The maximum absolute atomic E-state index is 12.5. The predicted molar refractivity (Wildman–Crippen MR) is 88.4 cm³/mol. The van der Waals surface area contributed by atoms with Crippen molar-refractivity contribution >= 4 is 27.5 Å². The van der Waals surface area contributed by atoms with E-state index in [1.165, 1.54) is 0 Å². The predicted octanol–water partition coefficient (Wildman–Crippen LogP) is 3.27. The van der Waals surface area contributed by atoms with E-state index in [9.17, 15) is 4.79 Å². The third kappa shape index (κ3) is 3.09. The molecule has 0 aromatic heterocycles. The number of carbonyl (C=O) groups is 1. The van der Waals surface area contributed by atoms with Crippen LogP contribution in [0.3, 0.4) is 0 Å². The second kappa shape index (κ2) is 5.97. The van der Waals surface area contributed by atoms with Gasteiger partial charge >= 0.3 is 0 Å². The number of hydrogen-bond acceptors (Lipinski definition) is 3. The van der Waals surface area contributed by atoms with E-state index >= 15 is 0 Å². The third-order valence-electron chi connectivity index (χ3n) is 4.51. The molecule has 0 saturated heterocycles. The van der Waals surface area contributed by atoms with Crippen LogP contribution in [-0.2, 0) is 4.74 Å². The summed E-state index contributed by atoms with van der Waals surface area (Å²) in [6, 6.07) is 3.75. The Labute approximate surface area is 134 Å². The summed E-state index contributed by atoms with van der Waals surface area (Å²) in [7, 11) is 0. The van der Waals surface area contributed by atoms with Gasteiger partial charge in [-0.15, -0.1) is 0 Å². The van der Waals surface area contributed by atoms with E-state index in [1.807, 2.05) is 26.0 Å². The number of nitrogens with two attached hydrogens (primary N) is 1. The van der Waals surface area contributed by atoms with Crippen LogP contribution in [-0.4, -0.2) is 24.7 Å². The zero-order valence-corrected chi connectivity index (χ0v) is 14.6. The average molecular weight is 355 g/mol. The number of ether oxygens (including phenoxy) is 1. The van der Waals surface area contributed by atoms with Gasteiger partial charge < -0.3 is 15.8 Å². The fourth-order valence-corrected chi connectivity index (χ4v) is 3.26. The van der Waals surface area contributed by atoms with Crippen LogP contribution >= 0.6 is 15.9 Å². The SMILES string of the molecule is CCOC1CC(NC(=O)c2cc(Br)cc(N)c2C)C1(C)C. The summed E-state index contributed by atoms with van der Waals surface area (Å²) in [4.78, 5) is 12.5. The highest BCUT2D eigenvalue weighted by molar-refractivity contribution is 9.10. The number of nitrogens with one attached hydrogen (secondary N) is 1. The average Bonchev–Trinajstić information content (AvgIpc) is 2.41. The summed E-state index contributed by atoms with van der Waals surface area (Å²) < 4.78 is 6.51. The summed E-state index contributed by atoms with van der Waals surface area (Å²) >= 11 is 3.39. The molecule has 1 aromatic carbocycles. The fourth-order valence-electron chi connectivity index (χ4n) is 2.79. The molecule has 2 atom stereocenters. The topological polar surface area (TPSA) is 64.3 Å². The molecule has 2 unspecified atom stereocenters. The third-order valence-corrected chi connectivity index (χ3v) is 4.97. The number of hydrogen-bond donors (Lipinski definition) is 2. The Hall–Kier alpha value is -1.07. The zero-order chi connectivity index (χ0) is 15.8. The summed E-state index contributed by atoms with van der Waals surface area (Å²) in [5.41, 5.74) is 7.93. The van der Waals surface area contributed by atoms with E-state index in [2.05, 4.69) is 35.1 Å². The quantitative estimate of drug-likeness (QED) is 0.815. The Morgan fingerprint density at radius 2 is 2.19 bits per heavy atom. The van der Waals surface area contributed by atoms with Gasteiger partial charge in [-0.1, -0.05) is 29.8 Å². The van der Waals surface area contributed by atoms with Crippen LogP contribution < -0.4 is 11.1 Å². The largest absolute Gasteiger partial charge is 0.398 e. The van der Waals surface area contributed by atoms with Gasteiger partial charge in [-0.3, -0.25) is 4.79 Å². The van der Waals surface area contributed by atoms with Gasteiger partial charge in [0, 0.05) is 33.8 Å². The summed E-state index contributed by atoms with van der Waals surface area (Å²) in [6.45, 7) is 8.82. The molecular weight excluding hydrogens is 332 g/mol. The van der Waals surface area contributed by atoms with Crippen molar-refractivity contribution in [3.05, 3.63) is 27.7 Å². The van der Waals surface area contributed by atoms with Crippen molar-refractivity contribution in [2.75, 3.05) is 12.3 Å². The van der Waals surface area contributed by atoms with Crippen LogP contribution in [0.5, 0.6) is 0 Å². The molecule has 116 valence electrons. The van der Waals surface area contributed by atoms with Crippen molar-refractivity contribution in [3.8, 4) is 0 Å². The van der Waals surface area contributed by atoms with Crippen molar-refractivity contribution in [1.29, 1.82) is 0 Å². The molecule has 1 aliphatic carbocycles. The van der Waals surface area contributed by atoms with E-state index in [1.54, 1.807) is 0 Å². The first-order valence-electron chi connectivity index (χ1n) is 7.25. The summed E-state index contributed by atoms with van der Waals surface area (Å²) in [5.74, 6) is -0.0754. The van der Waals surface area contributed by atoms with E-state index in [-0.39, 0.29) is 23.5 Å². The van der Waals surface area contributed by atoms with Gasteiger partial charge in [0.2, 0.25) is 0 Å². The highest BCUT2D eigenvalue weighted by Gasteiger charge is 2.49. The molecule has 3 N–H and O–H groups in total. The molecular formula is C16H23BrN2O2. The molecule has 1 amide bonds. The normalized spacial score (nSPS) is 23.5. The highest BCUT2D eigenvalue weighted by Crippen LogP contribution is 2.42. The van der Waals surface area contributed by atoms with Gasteiger partial charge in [-0.25, -0.2) is 0 Å². The van der Waals surface area contributed by atoms with Gasteiger partial charge in [0.1, 0.15) is 0 Å². The number of carbonyl (C=O) groups excluding carboxylic acids is 1. The Balaban J connectivity index is 2.10. The molecule has 5 heteroatoms. The molecule has 2 rings (SSSR count). The summed E-state index contributed by atoms with van der Waals surface area (Å²) in [5, 5.41) is 3.11. The number of benzene rings is 1. The van der Waals surface area contributed by atoms with Crippen LogP contribution in [0.25, 0.3) is 0 Å². The number of nitrogen functional groups attached to an aromatic ring is 1. The van der Waals surface area contributed by atoms with Crippen molar-refractivity contribution in [3.63, 3.8) is 0 Å². The molecule has 0 bridgehead atoms. The molecule has 1 fully saturated rings. The maximum Gasteiger partial charge on any atom is 0.251 e. The van der Waals surface area contributed by atoms with Crippen LogP contribution in [0, 0.1) is 12.3 Å². The van der Waals surface area contributed by atoms with E-state index in [0.717, 1.165) is 16.5 Å². The second-order valence-electron chi connectivity index (χ2n) is 6.19. The first-order chi connectivity index (χ1) is 9.77. The van der Waals surface area contributed by atoms with Crippen molar-refractivity contribution in [1.82, 2.24) is 5.32 Å². The standard InChI is InChI=1S/C16H23BrN2O2/c1-5-21-14-8-13(16(14,3)4)19-15(20)11-6-10(17)7-12(18)9(11)2/h6-7,13-14H,5,8,18H2,1-4H3,(H,19,20). The van der Waals surface area contributed by atoms with E-state index in [0.29, 0.717) is 17.9 Å². The van der Waals surface area contributed by atoms with Gasteiger partial charge in [-0.2, -0.15) is 0 Å². The molecule has 0 heterocycles. The second-order valence-corrected chi connectivity index (χ2v) is 7.11.